The number of thioether (sulfide) groups is 1. The van der Waals surface area contributed by atoms with Crippen LogP contribution in [0.25, 0.3) is 0 Å². The molecule has 6 nitrogen and oxygen atoms in total. The van der Waals surface area contributed by atoms with Gasteiger partial charge in [0.2, 0.25) is 11.8 Å². The van der Waals surface area contributed by atoms with Gasteiger partial charge in [-0.2, -0.15) is 11.8 Å². The molecule has 0 fully saturated rings. The maximum atomic E-state index is 11.6. The standard InChI is InChI=1S/C22H34N2O4S/c1-16(2)7-5-8-17(3)9-6-10-18(4)13-14-29-15-19(22(27)28)24-21(26)12-11-20(23)25/h7,9,11-13,19H,5-6,8,10,14-15H2,1-4H3,(H2,23,25)(H,24,26)(H,27,28)/b12-11+,17-9+,18-13+. The van der Waals surface area contributed by atoms with E-state index in [4.69, 9.17) is 5.73 Å². The van der Waals surface area contributed by atoms with Crippen molar-refractivity contribution < 1.29 is 19.5 Å². The number of carboxylic acid groups (broad SMARTS) is 1. The lowest BCUT2D eigenvalue weighted by atomic mass is 10.1. The second kappa shape index (κ2) is 15.6. The highest BCUT2D eigenvalue weighted by Gasteiger charge is 2.18. The monoisotopic (exact) mass is 422 g/mol. The molecule has 0 rings (SSSR count). The highest BCUT2D eigenvalue weighted by atomic mass is 32.2. The Balaban J connectivity index is 4.27. The largest absolute Gasteiger partial charge is 0.480 e. The van der Waals surface area contributed by atoms with Crippen LogP contribution in [0.3, 0.4) is 0 Å². The molecule has 0 radical (unpaired) electrons. The predicted molar refractivity (Wildman–Crippen MR) is 121 cm³/mol. The zero-order valence-corrected chi connectivity index (χ0v) is 18.7. The summed E-state index contributed by atoms with van der Waals surface area (Å²) in [6, 6.07) is -1.02. The van der Waals surface area contributed by atoms with Gasteiger partial charge in [0.25, 0.3) is 0 Å². The van der Waals surface area contributed by atoms with Crippen LogP contribution in [0.15, 0.2) is 47.1 Å². The van der Waals surface area contributed by atoms with Crippen LogP contribution in [0.2, 0.25) is 0 Å². The van der Waals surface area contributed by atoms with Gasteiger partial charge in [0.05, 0.1) is 0 Å². The topological polar surface area (TPSA) is 109 Å². The molecule has 29 heavy (non-hydrogen) atoms. The normalized spacial score (nSPS) is 13.2. The number of nitrogens with two attached hydrogens (primary N) is 1. The summed E-state index contributed by atoms with van der Waals surface area (Å²) in [6.07, 6.45) is 12.6. The number of primary amides is 1. The second-order valence-corrected chi connectivity index (χ2v) is 8.21. The van der Waals surface area contributed by atoms with E-state index in [2.05, 4.69) is 51.2 Å². The number of hydrogen-bond donors (Lipinski definition) is 3. The zero-order chi connectivity index (χ0) is 22.2. The molecule has 0 aliphatic rings. The van der Waals surface area contributed by atoms with Gasteiger partial charge in [-0.15, -0.1) is 0 Å². The van der Waals surface area contributed by atoms with E-state index < -0.39 is 23.8 Å². The molecule has 7 heteroatoms. The smallest absolute Gasteiger partial charge is 0.327 e. The summed E-state index contributed by atoms with van der Waals surface area (Å²) < 4.78 is 0. The first-order valence-electron chi connectivity index (χ1n) is 9.65. The molecule has 162 valence electrons. The van der Waals surface area contributed by atoms with Crippen LogP contribution in [0, 0.1) is 0 Å². The molecule has 2 amide bonds. The number of aliphatic carboxylic acids is 1. The van der Waals surface area contributed by atoms with Gasteiger partial charge in [-0.25, -0.2) is 4.79 Å². The minimum atomic E-state index is -1.12. The van der Waals surface area contributed by atoms with Crippen LogP contribution in [0.1, 0.15) is 53.4 Å². The quantitative estimate of drug-likeness (QED) is 0.224. The van der Waals surface area contributed by atoms with Crippen molar-refractivity contribution in [3.8, 4) is 0 Å². The minimum absolute atomic E-state index is 0.235. The number of carbonyl (C=O) groups is 3. The fourth-order valence-electron chi connectivity index (χ4n) is 2.28. The first-order chi connectivity index (χ1) is 13.6. The summed E-state index contributed by atoms with van der Waals surface area (Å²) in [6.45, 7) is 8.45. The minimum Gasteiger partial charge on any atom is -0.480 e. The molecular weight excluding hydrogens is 388 g/mol. The molecule has 1 atom stereocenters. The molecule has 0 aromatic rings. The molecule has 0 heterocycles. The second-order valence-electron chi connectivity index (χ2n) is 7.13. The molecule has 0 saturated heterocycles. The Morgan fingerprint density at radius 3 is 2.10 bits per heavy atom. The number of nitrogens with one attached hydrogen (secondary N) is 1. The van der Waals surface area contributed by atoms with Crippen LogP contribution in [0.4, 0.5) is 0 Å². The summed E-state index contributed by atoms with van der Waals surface area (Å²) in [7, 11) is 0. The Labute approximate surface area is 178 Å². The van der Waals surface area contributed by atoms with Gasteiger partial charge in [0.1, 0.15) is 6.04 Å². The van der Waals surface area contributed by atoms with Crippen molar-refractivity contribution in [2.75, 3.05) is 11.5 Å². The number of carbonyl (C=O) groups excluding carboxylic acids is 2. The van der Waals surface area contributed by atoms with Gasteiger partial charge in [-0.3, -0.25) is 9.59 Å². The van der Waals surface area contributed by atoms with Crippen molar-refractivity contribution in [2.45, 2.75) is 59.4 Å². The molecule has 4 N–H and O–H groups in total. The number of rotatable bonds is 14. The van der Waals surface area contributed by atoms with E-state index in [1.165, 1.54) is 28.5 Å². The van der Waals surface area contributed by atoms with Crippen LogP contribution in [-0.4, -0.2) is 40.4 Å². The Morgan fingerprint density at radius 1 is 0.966 bits per heavy atom. The lowest BCUT2D eigenvalue weighted by Crippen LogP contribution is -2.42. The van der Waals surface area contributed by atoms with Gasteiger partial charge in [-0.1, -0.05) is 34.9 Å². The van der Waals surface area contributed by atoms with E-state index in [1.54, 1.807) is 0 Å². The number of allylic oxidation sites excluding steroid dienone is 5. The van der Waals surface area contributed by atoms with Gasteiger partial charge in [0.15, 0.2) is 0 Å². The molecule has 0 aromatic carbocycles. The van der Waals surface area contributed by atoms with Gasteiger partial charge in [-0.05, 0) is 53.4 Å². The highest BCUT2D eigenvalue weighted by Crippen LogP contribution is 2.13. The summed E-state index contributed by atoms with van der Waals surface area (Å²) in [4.78, 5) is 33.4. The fraction of sp³-hybridized carbons (Fsp3) is 0.500. The highest BCUT2D eigenvalue weighted by molar-refractivity contribution is 7.99. The van der Waals surface area contributed by atoms with E-state index in [1.807, 2.05) is 0 Å². The lowest BCUT2D eigenvalue weighted by molar-refractivity contribution is -0.140. The van der Waals surface area contributed by atoms with Crippen molar-refractivity contribution in [2.24, 2.45) is 5.73 Å². The first kappa shape index (κ1) is 26.7. The maximum absolute atomic E-state index is 11.6. The Kier molecular flexibility index (Phi) is 14.4. The van der Waals surface area contributed by atoms with E-state index in [0.29, 0.717) is 5.75 Å². The van der Waals surface area contributed by atoms with Crippen molar-refractivity contribution in [1.82, 2.24) is 5.32 Å². The average molecular weight is 423 g/mol. The molecule has 0 spiro atoms. The third-order valence-corrected chi connectivity index (χ3v) is 4.94. The van der Waals surface area contributed by atoms with Crippen molar-refractivity contribution in [3.05, 3.63) is 47.1 Å². The SMILES string of the molecule is CC(C)=CCC/C(C)=C/CC/C(C)=C/CSCC(NC(=O)/C=C/C(N)=O)C(=O)O. The van der Waals surface area contributed by atoms with Gasteiger partial charge >= 0.3 is 5.97 Å². The van der Waals surface area contributed by atoms with Crippen LogP contribution in [-0.2, 0) is 14.4 Å². The molecule has 0 aromatic heterocycles. The summed E-state index contributed by atoms with van der Waals surface area (Å²) in [5.41, 5.74) is 8.90. The fourth-order valence-corrected chi connectivity index (χ4v) is 3.28. The molecule has 1 unspecified atom stereocenters. The molecule has 0 aliphatic heterocycles. The molecular formula is C22H34N2O4S. The zero-order valence-electron chi connectivity index (χ0n) is 17.9. The maximum Gasteiger partial charge on any atom is 0.327 e. The summed E-state index contributed by atoms with van der Waals surface area (Å²) in [5, 5.41) is 11.5. The van der Waals surface area contributed by atoms with Crippen molar-refractivity contribution >= 4 is 29.5 Å². The summed E-state index contributed by atoms with van der Waals surface area (Å²) in [5.74, 6) is -1.63. The Bertz CT molecular complexity index is 674. The Hall–Kier alpha value is -2.28. The number of hydrogen-bond acceptors (Lipinski definition) is 4. The third-order valence-electron chi connectivity index (χ3n) is 3.97. The molecule has 0 bridgehead atoms. The summed E-state index contributed by atoms with van der Waals surface area (Å²) >= 11 is 1.43. The van der Waals surface area contributed by atoms with E-state index in [0.717, 1.165) is 37.8 Å². The predicted octanol–water partition coefficient (Wildman–Crippen LogP) is 3.75. The third kappa shape index (κ3) is 16.4. The van der Waals surface area contributed by atoms with E-state index in [-0.39, 0.29) is 5.75 Å². The van der Waals surface area contributed by atoms with Gasteiger partial charge < -0.3 is 16.2 Å². The van der Waals surface area contributed by atoms with Crippen LogP contribution >= 0.6 is 11.8 Å². The van der Waals surface area contributed by atoms with Gasteiger partial charge in [0, 0.05) is 23.7 Å². The Morgan fingerprint density at radius 2 is 1.55 bits per heavy atom. The number of amides is 2. The molecule has 0 saturated carbocycles. The van der Waals surface area contributed by atoms with Crippen molar-refractivity contribution in [1.29, 1.82) is 0 Å². The van der Waals surface area contributed by atoms with E-state index >= 15 is 0 Å². The van der Waals surface area contributed by atoms with Crippen LogP contribution < -0.4 is 11.1 Å². The lowest BCUT2D eigenvalue weighted by Gasteiger charge is -2.12. The first-order valence-corrected chi connectivity index (χ1v) is 10.8. The number of carboxylic acids is 1. The van der Waals surface area contributed by atoms with Crippen LogP contribution in [0.5, 0.6) is 0 Å². The van der Waals surface area contributed by atoms with E-state index in [9.17, 15) is 19.5 Å². The average Bonchev–Trinajstić information content (AvgIpc) is 2.61. The molecule has 0 aliphatic carbocycles. The van der Waals surface area contributed by atoms with Crippen molar-refractivity contribution in [3.63, 3.8) is 0 Å².